The van der Waals surface area contributed by atoms with Gasteiger partial charge in [0.25, 0.3) is 0 Å². The minimum absolute atomic E-state index is 0.0478. The summed E-state index contributed by atoms with van der Waals surface area (Å²) < 4.78 is 11.3. The lowest BCUT2D eigenvalue weighted by molar-refractivity contribution is -0.140. The third-order valence-electron chi connectivity index (χ3n) is 4.92. The van der Waals surface area contributed by atoms with Crippen LogP contribution in [0.15, 0.2) is 24.3 Å². The van der Waals surface area contributed by atoms with Crippen LogP contribution in [0, 0.1) is 11.8 Å². The fraction of sp³-hybridized carbons (Fsp3) is 0.667. The van der Waals surface area contributed by atoms with Crippen LogP contribution < -0.4 is 9.47 Å². The van der Waals surface area contributed by atoms with Crippen molar-refractivity contribution >= 4 is 5.97 Å². The van der Waals surface area contributed by atoms with Crippen molar-refractivity contribution in [3.63, 3.8) is 0 Å². The van der Waals surface area contributed by atoms with E-state index in [0.29, 0.717) is 18.1 Å². The maximum Gasteiger partial charge on any atom is 0.314 e. The highest BCUT2D eigenvalue weighted by molar-refractivity contribution is 5.76. The van der Waals surface area contributed by atoms with Crippen LogP contribution >= 0.6 is 0 Å². The van der Waals surface area contributed by atoms with Gasteiger partial charge >= 0.3 is 5.97 Å². The molecule has 1 saturated carbocycles. The molecule has 1 aromatic carbocycles. The Balaban J connectivity index is 1.81. The number of benzene rings is 1. The zero-order chi connectivity index (χ0) is 17.2. The molecule has 0 radical (unpaired) electrons. The van der Waals surface area contributed by atoms with Crippen LogP contribution in [0.5, 0.6) is 11.5 Å². The summed E-state index contributed by atoms with van der Waals surface area (Å²) in [6.07, 6.45) is 10.5. The molecule has 0 heterocycles. The van der Waals surface area contributed by atoms with E-state index < -0.39 is 0 Å². The van der Waals surface area contributed by atoms with Gasteiger partial charge in [0.15, 0.2) is 11.5 Å². The van der Waals surface area contributed by atoms with Crippen molar-refractivity contribution in [3.8, 4) is 11.5 Å². The summed E-state index contributed by atoms with van der Waals surface area (Å²) >= 11 is 0. The van der Waals surface area contributed by atoms with Crippen molar-refractivity contribution in [2.24, 2.45) is 11.8 Å². The summed E-state index contributed by atoms with van der Waals surface area (Å²) in [7, 11) is 0. The number of hydrogen-bond acceptors (Lipinski definition) is 3. The molecule has 2 rings (SSSR count). The molecular weight excluding hydrogens is 300 g/mol. The molecule has 0 atom stereocenters. The highest BCUT2D eigenvalue weighted by Gasteiger charge is 2.28. The number of carbonyl (C=O) groups is 1. The Kier molecular flexibility index (Phi) is 8.14. The number of hydrogen-bond donors (Lipinski definition) is 0. The van der Waals surface area contributed by atoms with Crippen LogP contribution in [0.25, 0.3) is 0 Å². The van der Waals surface area contributed by atoms with Crippen LogP contribution in [-0.2, 0) is 4.79 Å². The number of rotatable bonds is 9. The quantitative estimate of drug-likeness (QED) is 0.327. The fourth-order valence-electron chi connectivity index (χ4n) is 3.43. The Bertz CT molecular complexity index is 490. The zero-order valence-electron chi connectivity index (χ0n) is 15.3. The maximum atomic E-state index is 12.5. The molecule has 0 spiro atoms. The Morgan fingerprint density at radius 3 is 2.38 bits per heavy atom. The van der Waals surface area contributed by atoms with Crippen molar-refractivity contribution in [1.29, 1.82) is 0 Å². The third-order valence-corrected chi connectivity index (χ3v) is 4.92. The number of esters is 1. The van der Waals surface area contributed by atoms with E-state index in [9.17, 15) is 4.79 Å². The molecule has 3 nitrogen and oxygen atoms in total. The summed E-state index contributed by atoms with van der Waals surface area (Å²) in [5, 5.41) is 0. The van der Waals surface area contributed by atoms with Gasteiger partial charge in [0.05, 0.1) is 12.5 Å². The van der Waals surface area contributed by atoms with E-state index in [-0.39, 0.29) is 11.9 Å². The van der Waals surface area contributed by atoms with Crippen LogP contribution in [0.4, 0.5) is 0 Å². The second kappa shape index (κ2) is 10.4. The average Bonchev–Trinajstić information content (AvgIpc) is 2.62. The minimum Gasteiger partial charge on any atom is -0.490 e. The molecule has 3 heteroatoms. The molecule has 0 amide bonds. The average molecular weight is 332 g/mol. The lowest BCUT2D eigenvalue weighted by Gasteiger charge is -2.27. The summed E-state index contributed by atoms with van der Waals surface area (Å²) in [6.45, 7) is 4.94. The number of carbonyl (C=O) groups excluding carboxylic acids is 1. The van der Waals surface area contributed by atoms with Gasteiger partial charge in [0.1, 0.15) is 0 Å². The van der Waals surface area contributed by atoms with E-state index in [1.54, 1.807) is 0 Å². The van der Waals surface area contributed by atoms with Crippen LogP contribution in [0.3, 0.4) is 0 Å². The highest BCUT2D eigenvalue weighted by atomic mass is 16.6. The number of unbranched alkanes of at least 4 members (excludes halogenated alkanes) is 2. The first-order valence-corrected chi connectivity index (χ1v) is 9.68. The monoisotopic (exact) mass is 332 g/mol. The third kappa shape index (κ3) is 5.85. The minimum atomic E-state index is -0.0884. The first-order chi connectivity index (χ1) is 11.7. The van der Waals surface area contributed by atoms with Gasteiger partial charge in [-0.2, -0.15) is 0 Å². The molecule has 24 heavy (non-hydrogen) atoms. The van der Waals surface area contributed by atoms with Crippen molar-refractivity contribution < 1.29 is 14.3 Å². The first-order valence-electron chi connectivity index (χ1n) is 9.68. The summed E-state index contributed by atoms with van der Waals surface area (Å²) in [5.74, 6) is 1.99. The second-order valence-electron chi connectivity index (χ2n) is 6.93. The smallest absolute Gasteiger partial charge is 0.314 e. The largest absolute Gasteiger partial charge is 0.490 e. The molecule has 0 aliphatic heterocycles. The van der Waals surface area contributed by atoms with Gasteiger partial charge in [-0.3, -0.25) is 4.79 Å². The Labute approximate surface area is 146 Å². The summed E-state index contributed by atoms with van der Waals surface area (Å²) in [6, 6.07) is 7.47. The summed E-state index contributed by atoms with van der Waals surface area (Å²) in [5.41, 5.74) is 0. The second-order valence-corrected chi connectivity index (χ2v) is 6.93. The zero-order valence-corrected chi connectivity index (χ0v) is 15.3. The normalized spacial score (nSPS) is 20.6. The first kappa shape index (κ1) is 18.8. The van der Waals surface area contributed by atoms with Crippen molar-refractivity contribution in [2.45, 2.75) is 71.6 Å². The predicted molar refractivity (Wildman–Crippen MR) is 97.5 cm³/mol. The van der Waals surface area contributed by atoms with Gasteiger partial charge in [-0.1, -0.05) is 51.7 Å². The predicted octanol–water partition coefficient (Wildman–Crippen LogP) is 5.77. The van der Waals surface area contributed by atoms with E-state index in [1.807, 2.05) is 24.3 Å². The van der Waals surface area contributed by atoms with E-state index in [2.05, 4.69) is 13.8 Å². The van der Waals surface area contributed by atoms with Crippen LogP contribution in [0.2, 0.25) is 0 Å². The van der Waals surface area contributed by atoms with Gasteiger partial charge in [0, 0.05) is 0 Å². The van der Waals surface area contributed by atoms with Gasteiger partial charge in [0.2, 0.25) is 0 Å². The maximum absolute atomic E-state index is 12.5. The molecule has 0 N–H and O–H groups in total. The van der Waals surface area contributed by atoms with Gasteiger partial charge in [-0.25, -0.2) is 0 Å². The number of ether oxygens (including phenoxy) is 2. The molecule has 1 aromatic rings. The Morgan fingerprint density at radius 1 is 1.00 bits per heavy atom. The highest BCUT2D eigenvalue weighted by Crippen LogP contribution is 2.34. The van der Waals surface area contributed by atoms with Crippen molar-refractivity contribution in [3.05, 3.63) is 24.3 Å². The lowest BCUT2D eigenvalue weighted by Crippen LogP contribution is -2.25. The Hall–Kier alpha value is -1.51. The molecule has 1 aliphatic rings. The lowest BCUT2D eigenvalue weighted by atomic mass is 9.80. The Morgan fingerprint density at radius 2 is 1.71 bits per heavy atom. The van der Waals surface area contributed by atoms with Crippen LogP contribution in [0.1, 0.15) is 71.6 Å². The molecule has 0 unspecified atom stereocenters. The van der Waals surface area contributed by atoms with Crippen LogP contribution in [-0.4, -0.2) is 12.6 Å². The standard InChI is InChI=1S/C21H32O3/c1-3-5-6-9-17-12-14-18(15-13-17)21(22)24-20-11-8-7-10-19(20)23-16-4-2/h7-8,10-11,17-18H,3-6,9,12-16H2,1-2H3. The number of para-hydroxylation sites is 2. The van der Waals surface area contributed by atoms with Gasteiger partial charge < -0.3 is 9.47 Å². The topological polar surface area (TPSA) is 35.5 Å². The fourth-order valence-corrected chi connectivity index (χ4v) is 3.43. The van der Waals surface area contributed by atoms with Gasteiger partial charge in [-0.15, -0.1) is 0 Å². The molecule has 0 saturated heterocycles. The van der Waals surface area contributed by atoms with E-state index in [1.165, 1.54) is 25.7 Å². The van der Waals surface area contributed by atoms with E-state index >= 15 is 0 Å². The summed E-state index contributed by atoms with van der Waals surface area (Å²) in [4.78, 5) is 12.5. The molecule has 1 aliphatic carbocycles. The molecule has 134 valence electrons. The van der Waals surface area contributed by atoms with Crippen molar-refractivity contribution in [2.75, 3.05) is 6.61 Å². The molecule has 0 aromatic heterocycles. The van der Waals surface area contributed by atoms with E-state index in [0.717, 1.165) is 38.0 Å². The van der Waals surface area contributed by atoms with E-state index in [4.69, 9.17) is 9.47 Å². The van der Waals surface area contributed by atoms with Crippen molar-refractivity contribution in [1.82, 2.24) is 0 Å². The molecule has 0 bridgehead atoms. The molecule has 1 fully saturated rings. The molecular formula is C21H32O3. The SMILES string of the molecule is CCCCCC1CCC(C(=O)Oc2ccccc2OCCC)CC1. The van der Waals surface area contributed by atoms with Gasteiger partial charge in [-0.05, 0) is 50.2 Å².